The molecule has 174 valence electrons. The van der Waals surface area contributed by atoms with E-state index in [1.807, 2.05) is 12.1 Å². The molecule has 0 saturated heterocycles. The van der Waals surface area contributed by atoms with Crippen molar-refractivity contribution < 1.29 is 18.3 Å². The fraction of sp³-hybridized carbons (Fsp3) is 0.273. The van der Waals surface area contributed by atoms with Crippen LogP contribution in [-0.4, -0.2) is 53.4 Å². The molecule has 3 rings (SSSR count). The fourth-order valence-electron chi connectivity index (χ4n) is 2.90. The first-order chi connectivity index (χ1) is 15.7. The topological polar surface area (TPSA) is 146 Å². The maximum Gasteiger partial charge on any atom is 0.319 e. The maximum atomic E-state index is 12.1. The van der Waals surface area contributed by atoms with Gasteiger partial charge in [0.2, 0.25) is 0 Å². The molecule has 0 aliphatic rings. The zero-order chi connectivity index (χ0) is 23.8. The van der Waals surface area contributed by atoms with E-state index in [-0.39, 0.29) is 24.4 Å². The number of anilines is 2. The molecular formula is C22H26N6O4S. The summed E-state index contributed by atoms with van der Waals surface area (Å²) < 4.78 is 23.5. The minimum atomic E-state index is -3.30. The third-order valence-corrected chi connectivity index (χ3v) is 5.28. The van der Waals surface area contributed by atoms with Crippen LogP contribution in [0.15, 0.2) is 54.9 Å². The highest BCUT2D eigenvalue weighted by Gasteiger charge is 2.13. The van der Waals surface area contributed by atoms with Gasteiger partial charge in [-0.2, -0.15) is 0 Å². The normalized spacial score (nSPS) is 12.1. The van der Waals surface area contributed by atoms with Crippen LogP contribution in [0.1, 0.15) is 18.2 Å². The minimum absolute atomic E-state index is 0.107. The predicted octanol–water partition coefficient (Wildman–Crippen LogP) is 2.20. The lowest BCUT2D eigenvalue weighted by molar-refractivity contribution is 0.251. The number of hydrogen-bond donors (Lipinski definition) is 4. The molecule has 11 heteroatoms. The average molecular weight is 471 g/mol. The molecule has 0 spiro atoms. The molecule has 3 aromatic rings. The van der Waals surface area contributed by atoms with Gasteiger partial charge in [0.25, 0.3) is 0 Å². The second kappa shape index (κ2) is 10.8. The Morgan fingerprint density at radius 2 is 1.79 bits per heavy atom. The quantitative estimate of drug-likeness (QED) is 0.372. The van der Waals surface area contributed by atoms with Crippen molar-refractivity contribution in [3.05, 3.63) is 66.1 Å². The third kappa shape index (κ3) is 7.81. The van der Waals surface area contributed by atoms with Crippen LogP contribution in [0.5, 0.6) is 0 Å². The van der Waals surface area contributed by atoms with Crippen LogP contribution in [0.2, 0.25) is 0 Å². The van der Waals surface area contributed by atoms with Gasteiger partial charge in [0, 0.05) is 48.6 Å². The second-order valence-corrected chi connectivity index (χ2v) is 9.75. The number of amides is 2. The number of hydrogen-bond acceptors (Lipinski definition) is 8. The van der Waals surface area contributed by atoms with E-state index in [0.717, 1.165) is 11.8 Å². The van der Waals surface area contributed by atoms with E-state index in [2.05, 4.69) is 30.9 Å². The van der Waals surface area contributed by atoms with Crippen LogP contribution in [0.25, 0.3) is 11.4 Å². The Morgan fingerprint density at radius 1 is 1.09 bits per heavy atom. The molecule has 1 atom stereocenters. The molecule has 0 aliphatic carbocycles. The summed E-state index contributed by atoms with van der Waals surface area (Å²) in [6.45, 7) is 2.04. The molecule has 2 aromatic heterocycles. The molecule has 0 fully saturated rings. The van der Waals surface area contributed by atoms with E-state index in [0.29, 0.717) is 35.1 Å². The molecule has 4 N–H and O–H groups in total. The lowest BCUT2D eigenvalue weighted by Gasteiger charge is -2.14. The molecule has 0 unspecified atom stereocenters. The number of aliphatic hydroxyl groups excluding tert-OH is 1. The van der Waals surface area contributed by atoms with Crippen molar-refractivity contribution in [1.82, 2.24) is 20.3 Å². The number of benzene rings is 1. The van der Waals surface area contributed by atoms with Gasteiger partial charge in [-0.15, -0.1) is 0 Å². The van der Waals surface area contributed by atoms with Crippen LogP contribution in [0.3, 0.4) is 0 Å². The number of urea groups is 1. The van der Waals surface area contributed by atoms with Gasteiger partial charge in [-0.3, -0.25) is 4.98 Å². The van der Waals surface area contributed by atoms with Crippen LogP contribution in [0.4, 0.5) is 16.3 Å². The Hall–Kier alpha value is -3.57. The zero-order valence-electron chi connectivity index (χ0n) is 18.3. The van der Waals surface area contributed by atoms with Crippen molar-refractivity contribution in [3.63, 3.8) is 0 Å². The van der Waals surface area contributed by atoms with Gasteiger partial charge in [-0.25, -0.2) is 23.2 Å². The number of aliphatic hydroxyl groups is 1. The Bertz CT molecular complexity index is 1190. The molecule has 33 heavy (non-hydrogen) atoms. The van der Waals surface area contributed by atoms with E-state index >= 15 is 0 Å². The molecular weight excluding hydrogens is 444 g/mol. The van der Waals surface area contributed by atoms with Gasteiger partial charge >= 0.3 is 6.03 Å². The number of carbonyl (C=O) groups excluding carboxylic acids is 1. The molecule has 10 nitrogen and oxygen atoms in total. The van der Waals surface area contributed by atoms with Crippen molar-refractivity contribution in [3.8, 4) is 11.4 Å². The van der Waals surface area contributed by atoms with E-state index in [1.54, 1.807) is 49.6 Å². The van der Waals surface area contributed by atoms with Crippen LogP contribution < -0.4 is 16.0 Å². The molecule has 1 aromatic carbocycles. The molecule has 0 bridgehead atoms. The largest absolute Gasteiger partial charge is 0.394 e. The van der Waals surface area contributed by atoms with Crippen molar-refractivity contribution in [2.45, 2.75) is 25.3 Å². The number of nitrogens with zero attached hydrogens (tertiary/aromatic N) is 3. The summed E-state index contributed by atoms with van der Waals surface area (Å²) in [4.78, 5) is 24.9. The Balaban J connectivity index is 1.73. The first-order valence-corrected chi connectivity index (χ1v) is 12.2. The van der Waals surface area contributed by atoms with E-state index in [1.165, 1.54) is 0 Å². The molecule has 2 heterocycles. The van der Waals surface area contributed by atoms with Crippen molar-refractivity contribution in [2.75, 3.05) is 23.5 Å². The molecule has 0 aliphatic heterocycles. The number of carbonyl (C=O) groups is 1. The van der Waals surface area contributed by atoms with Crippen LogP contribution >= 0.6 is 0 Å². The van der Waals surface area contributed by atoms with Crippen LogP contribution in [0, 0.1) is 0 Å². The van der Waals surface area contributed by atoms with Gasteiger partial charge in [0.1, 0.15) is 5.82 Å². The van der Waals surface area contributed by atoms with E-state index in [4.69, 9.17) is 0 Å². The summed E-state index contributed by atoms with van der Waals surface area (Å²) in [6.07, 6.45) is 4.45. The Kier molecular flexibility index (Phi) is 7.91. The van der Waals surface area contributed by atoms with Gasteiger partial charge in [-0.05, 0) is 48.9 Å². The van der Waals surface area contributed by atoms with E-state index in [9.17, 15) is 18.3 Å². The smallest absolute Gasteiger partial charge is 0.319 e. The summed E-state index contributed by atoms with van der Waals surface area (Å²) in [7, 11) is -3.30. The van der Waals surface area contributed by atoms with Crippen molar-refractivity contribution >= 4 is 27.4 Å². The lowest BCUT2D eigenvalue weighted by Crippen LogP contribution is -2.28. The first kappa shape index (κ1) is 24.1. The second-order valence-electron chi connectivity index (χ2n) is 7.61. The molecule has 2 amide bonds. The standard InChI is InChI=1S/C22H26N6O4S/c1-15(13-29)25-20-11-19(14-33(2,31)32)26-21(28-20)17-3-5-18(6-4-17)27-22(30)24-12-16-7-9-23-10-8-16/h3-11,15,29H,12-14H2,1-2H3,(H2,24,27,30)(H,25,26,28)/t15-/m0/s1. The summed E-state index contributed by atoms with van der Waals surface area (Å²) in [6, 6.07) is 11.4. The van der Waals surface area contributed by atoms with Crippen molar-refractivity contribution in [2.24, 2.45) is 0 Å². The zero-order valence-corrected chi connectivity index (χ0v) is 19.1. The maximum absolute atomic E-state index is 12.1. The number of sulfone groups is 1. The number of rotatable bonds is 9. The first-order valence-electron chi connectivity index (χ1n) is 10.2. The van der Waals surface area contributed by atoms with Crippen LogP contribution in [-0.2, 0) is 22.1 Å². The highest BCUT2D eigenvalue weighted by atomic mass is 32.2. The number of nitrogens with one attached hydrogen (secondary N) is 3. The fourth-order valence-corrected chi connectivity index (χ4v) is 3.59. The van der Waals surface area contributed by atoms with Gasteiger partial charge in [0.15, 0.2) is 15.7 Å². The highest BCUT2D eigenvalue weighted by molar-refractivity contribution is 7.89. The van der Waals surface area contributed by atoms with Gasteiger partial charge < -0.3 is 21.1 Å². The summed E-state index contributed by atoms with van der Waals surface area (Å²) >= 11 is 0. The average Bonchev–Trinajstić information content (AvgIpc) is 2.77. The minimum Gasteiger partial charge on any atom is -0.394 e. The van der Waals surface area contributed by atoms with E-state index < -0.39 is 9.84 Å². The highest BCUT2D eigenvalue weighted by Crippen LogP contribution is 2.21. The third-order valence-electron chi connectivity index (χ3n) is 4.46. The Labute approximate surface area is 192 Å². The molecule has 0 saturated carbocycles. The van der Waals surface area contributed by atoms with Crippen molar-refractivity contribution in [1.29, 1.82) is 0 Å². The van der Waals surface area contributed by atoms with Gasteiger partial charge in [-0.1, -0.05) is 0 Å². The lowest BCUT2D eigenvalue weighted by atomic mass is 10.2. The summed E-state index contributed by atoms with van der Waals surface area (Å²) in [5, 5.41) is 17.8. The molecule has 0 radical (unpaired) electrons. The predicted molar refractivity (Wildman–Crippen MR) is 126 cm³/mol. The monoisotopic (exact) mass is 470 g/mol. The number of aromatic nitrogens is 3. The summed E-state index contributed by atoms with van der Waals surface area (Å²) in [5.74, 6) is 0.512. The number of pyridine rings is 1. The van der Waals surface area contributed by atoms with Gasteiger partial charge in [0.05, 0.1) is 18.1 Å². The summed E-state index contributed by atoms with van der Waals surface area (Å²) in [5.41, 5.74) is 2.49. The SMILES string of the molecule is C[C@@H](CO)Nc1cc(CS(C)(=O)=O)nc(-c2ccc(NC(=O)NCc3ccncc3)cc2)n1. The Morgan fingerprint density at radius 3 is 2.42 bits per heavy atom.